The first-order valence-electron chi connectivity index (χ1n) is 6.74. The highest BCUT2D eigenvalue weighted by atomic mass is 16.5. The molecular formula is C15H13NO8. The lowest BCUT2D eigenvalue weighted by atomic mass is 9.91. The molecule has 0 radical (unpaired) electrons. The third-order valence-electron chi connectivity index (χ3n) is 3.71. The Morgan fingerprint density at radius 1 is 0.917 bits per heavy atom. The highest BCUT2D eigenvalue weighted by molar-refractivity contribution is 6.06. The predicted molar refractivity (Wildman–Crippen MR) is 77.6 cm³/mol. The molecule has 0 saturated carbocycles. The van der Waals surface area contributed by atoms with Crippen molar-refractivity contribution in [1.29, 1.82) is 0 Å². The average Bonchev–Trinajstić information content (AvgIpc) is 2.51. The Morgan fingerprint density at radius 3 is 2.12 bits per heavy atom. The van der Waals surface area contributed by atoms with Gasteiger partial charge < -0.3 is 35.5 Å². The van der Waals surface area contributed by atoms with E-state index < -0.39 is 40.9 Å². The van der Waals surface area contributed by atoms with Gasteiger partial charge in [0, 0.05) is 17.7 Å². The van der Waals surface area contributed by atoms with E-state index in [1.165, 1.54) is 0 Å². The zero-order valence-electron chi connectivity index (χ0n) is 12.0. The normalized spacial score (nSPS) is 19.6. The summed E-state index contributed by atoms with van der Waals surface area (Å²) in [6.07, 6.45) is -1.21. The van der Waals surface area contributed by atoms with E-state index in [2.05, 4.69) is 0 Å². The highest BCUT2D eigenvalue weighted by Gasteiger charge is 2.40. The zero-order valence-corrected chi connectivity index (χ0v) is 12.0. The molecule has 126 valence electrons. The second kappa shape index (κ2) is 5.48. The summed E-state index contributed by atoms with van der Waals surface area (Å²) in [5.41, 5.74) is 1.60. The predicted octanol–water partition coefficient (Wildman–Crippen LogP) is 0.878. The number of fused-ring (bicyclic) bond motifs is 1. The van der Waals surface area contributed by atoms with Crippen molar-refractivity contribution in [1.82, 2.24) is 5.48 Å². The van der Waals surface area contributed by atoms with Crippen molar-refractivity contribution in [3.05, 3.63) is 35.4 Å². The highest BCUT2D eigenvalue weighted by Crippen LogP contribution is 2.44. The van der Waals surface area contributed by atoms with E-state index in [1.54, 1.807) is 5.48 Å². The first kappa shape index (κ1) is 15.7. The standard InChI is InChI=1S/C15H13NO8/c17-6-3-7(18)11-10(4-6)24-15(12(16-23)14(11)22)5-1-8(19)13(21)9(20)2-5/h1-4,12,15-21,23H/t12?,15-/m1/s1. The molecule has 7 N–H and O–H groups in total. The number of hydroxylamine groups is 1. The summed E-state index contributed by atoms with van der Waals surface area (Å²) in [6, 6.07) is 2.78. The maximum atomic E-state index is 12.5. The quantitative estimate of drug-likeness (QED) is 0.312. The lowest BCUT2D eigenvalue weighted by molar-refractivity contribution is 0.0346. The summed E-state index contributed by atoms with van der Waals surface area (Å²) >= 11 is 0. The Morgan fingerprint density at radius 2 is 1.54 bits per heavy atom. The maximum Gasteiger partial charge on any atom is 0.200 e. The van der Waals surface area contributed by atoms with Gasteiger partial charge in [-0.2, -0.15) is 5.48 Å². The van der Waals surface area contributed by atoms with Gasteiger partial charge in [-0.1, -0.05) is 0 Å². The van der Waals surface area contributed by atoms with Crippen molar-refractivity contribution < 1.29 is 40.3 Å². The number of phenols is 5. The largest absolute Gasteiger partial charge is 0.508 e. The number of hydrogen-bond donors (Lipinski definition) is 7. The first-order chi connectivity index (χ1) is 11.3. The third-order valence-corrected chi connectivity index (χ3v) is 3.71. The number of phenolic OH excluding ortho intramolecular Hbond substituents is 5. The van der Waals surface area contributed by atoms with Crippen LogP contribution in [0.3, 0.4) is 0 Å². The monoisotopic (exact) mass is 335 g/mol. The van der Waals surface area contributed by atoms with Gasteiger partial charge in [0.25, 0.3) is 0 Å². The lowest BCUT2D eigenvalue weighted by Gasteiger charge is -2.32. The van der Waals surface area contributed by atoms with Crippen molar-refractivity contribution in [3.8, 4) is 34.5 Å². The Kier molecular flexibility index (Phi) is 3.59. The second-order valence-corrected chi connectivity index (χ2v) is 5.26. The van der Waals surface area contributed by atoms with Gasteiger partial charge in [-0.15, -0.1) is 0 Å². The average molecular weight is 335 g/mol. The minimum atomic E-state index is -1.36. The minimum Gasteiger partial charge on any atom is -0.508 e. The molecule has 1 unspecified atom stereocenters. The number of nitrogens with one attached hydrogen (secondary N) is 1. The molecule has 0 amide bonds. The molecule has 2 aromatic rings. The summed E-state index contributed by atoms with van der Waals surface area (Å²) in [7, 11) is 0. The van der Waals surface area contributed by atoms with Crippen molar-refractivity contribution in [3.63, 3.8) is 0 Å². The van der Waals surface area contributed by atoms with E-state index in [4.69, 9.17) is 4.74 Å². The van der Waals surface area contributed by atoms with Crippen LogP contribution in [0.1, 0.15) is 22.0 Å². The Hall–Kier alpha value is -3.17. The SMILES string of the molecule is O=C1c2c(O)cc(O)cc2O[C@H](c2cc(O)c(O)c(O)c2)C1NO. The van der Waals surface area contributed by atoms with Crippen molar-refractivity contribution in [2.24, 2.45) is 0 Å². The van der Waals surface area contributed by atoms with Gasteiger partial charge in [0.15, 0.2) is 23.0 Å². The molecule has 0 fully saturated rings. The van der Waals surface area contributed by atoms with E-state index in [0.717, 1.165) is 24.3 Å². The van der Waals surface area contributed by atoms with Gasteiger partial charge in [0.1, 0.15) is 35.0 Å². The second-order valence-electron chi connectivity index (χ2n) is 5.26. The van der Waals surface area contributed by atoms with E-state index >= 15 is 0 Å². The fraction of sp³-hybridized carbons (Fsp3) is 0.133. The van der Waals surface area contributed by atoms with Gasteiger partial charge in [-0.25, -0.2) is 0 Å². The zero-order chi connectivity index (χ0) is 17.6. The smallest absolute Gasteiger partial charge is 0.200 e. The lowest BCUT2D eigenvalue weighted by Crippen LogP contribution is -2.45. The van der Waals surface area contributed by atoms with E-state index in [0.29, 0.717) is 0 Å². The Balaban J connectivity index is 2.14. The van der Waals surface area contributed by atoms with Gasteiger partial charge in [0.05, 0.1) is 0 Å². The molecule has 1 aliphatic heterocycles. The molecule has 0 spiro atoms. The Labute approximate surface area is 134 Å². The molecule has 1 heterocycles. The van der Waals surface area contributed by atoms with Gasteiger partial charge >= 0.3 is 0 Å². The van der Waals surface area contributed by atoms with Crippen LogP contribution in [0.15, 0.2) is 24.3 Å². The molecule has 2 atom stereocenters. The fourth-order valence-corrected chi connectivity index (χ4v) is 2.60. The maximum absolute atomic E-state index is 12.5. The number of carbonyl (C=O) groups excluding carboxylic acids is 1. The molecule has 24 heavy (non-hydrogen) atoms. The molecule has 1 aliphatic rings. The summed E-state index contributed by atoms with van der Waals surface area (Å²) in [4.78, 5) is 12.5. The number of aromatic hydroxyl groups is 5. The molecule has 0 bridgehead atoms. The van der Waals surface area contributed by atoms with Crippen LogP contribution in [0.2, 0.25) is 0 Å². The summed E-state index contributed by atoms with van der Waals surface area (Å²) in [5, 5.41) is 57.3. The van der Waals surface area contributed by atoms with Crippen LogP contribution in [-0.4, -0.2) is 42.6 Å². The number of carbonyl (C=O) groups is 1. The molecule has 9 nitrogen and oxygen atoms in total. The van der Waals surface area contributed by atoms with Crippen LogP contribution < -0.4 is 10.2 Å². The topological polar surface area (TPSA) is 160 Å². The van der Waals surface area contributed by atoms with Crippen LogP contribution in [0.4, 0.5) is 0 Å². The summed E-state index contributed by atoms with van der Waals surface area (Å²) in [5.74, 6) is -3.78. The number of benzene rings is 2. The summed E-state index contributed by atoms with van der Waals surface area (Å²) in [6.45, 7) is 0. The molecule has 0 saturated heterocycles. The van der Waals surface area contributed by atoms with Crippen LogP contribution in [-0.2, 0) is 0 Å². The van der Waals surface area contributed by atoms with Crippen LogP contribution in [0, 0.1) is 0 Å². The summed E-state index contributed by atoms with van der Waals surface area (Å²) < 4.78 is 5.54. The van der Waals surface area contributed by atoms with E-state index in [9.17, 15) is 35.5 Å². The van der Waals surface area contributed by atoms with Crippen molar-refractivity contribution >= 4 is 5.78 Å². The number of ketones is 1. The molecule has 0 aromatic heterocycles. The van der Waals surface area contributed by atoms with Gasteiger partial charge in [-0.3, -0.25) is 4.79 Å². The first-order valence-corrected chi connectivity index (χ1v) is 6.74. The van der Waals surface area contributed by atoms with Crippen molar-refractivity contribution in [2.45, 2.75) is 12.1 Å². The number of Topliss-reactive ketones (excluding diaryl/α,β-unsaturated/α-hetero) is 1. The van der Waals surface area contributed by atoms with Crippen LogP contribution >= 0.6 is 0 Å². The molecule has 9 heteroatoms. The van der Waals surface area contributed by atoms with Crippen LogP contribution in [0.25, 0.3) is 0 Å². The van der Waals surface area contributed by atoms with Crippen LogP contribution in [0.5, 0.6) is 34.5 Å². The third kappa shape index (κ3) is 2.32. The van der Waals surface area contributed by atoms with E-state index in [1.807, 2.05) is 0 Å². The molecule has 2 aromatic carbocycles. The van der Waals surface area contributed by atoms with Gasteiger partial charge in [0.2, 0.25) is 0 Å². The minimum absolute atomic E-state index is 0.0659. The number of hydrogen-bond acceptors (Lipinski definition) is 9. The number of rotatable bonds is 2. The molecule has 0 aliphatic carbocycles. The van der Waals surface area contributed by atoms with Gasteiger partial charge in [-0.05, 0) is 12.1 Å². The van der Waals surface area contributed by atoms with Crippen molar-refractivity contribution in [2.75, 3.05) is 0 Å². The fourth-order valence-electron chi connectivity index (χ4n) is 2.60. The molecule has 3 rings (SSSR count). The Bertz CT molecular complexity index is 811. The number of ether oxygens (including phenoxy) is 1. The molecular weight excluding hydrogens is 322 g/mol. The van der Waals surface area contributed by atoms with E-state index in [-0.39, 0.29) is 22.6 Å².